The minimum Gasteiger partial charge on any atom is -0.448 e. The summed E-state index contributed by atoms with van der Waals surface area (Å²) < 4.78 is 10.0. The smallest absolute Gasteiger partial charge is 0.357 e. The molecule has 3 rings (SSSR count). The number of amides is 1. The highest BCUT2D eigenvalue weighted by molar-refractivity contribution is 6.39. The van der Waals surface area contributed by atoms with Crippen LogP contribution in [0.4, 0.5) is 5.88 Å². The lowest BCUT2D eigenvalue weighted by Gasteiger charge is -2.11. The molecule has 0 aliphatic carbocycles. The number of ether oxygens (including phenoxy) is 1. The third-order valence-electron chi connectivity index (χ3n) is 3.43. The Labute approximate surface area is 152 Å². The summed E-state index contributed by atoms with van der Waals surface area (Å²) >= 11 is 12.1. The van der Waals surface area contributed by atoms with E-state index in [1.165, 1.54) is 6.92 Å². The normalized spacial score (nSPS) is 12.2. The van der Waals surface area contributed by atoms with Crippen molar-refractivity contribution in [2.24, 2.45) is 0 Å². The van der Waals surface area contributed by atoms with E-state index in [4.69, 9.17) is 32.5 Å². The van der Waals surface area contributed by atoms with Crippen molar-refractivity contribution in [3.8, 4) is 0 Å². The van der Waals surface area contributed by atoms with Gasteiger partial charge in [0.1, 0.15) is 5.69 Å². The van der Waals surface area contributed by atoms with Crippen LogP contribution in [0.3, 0.4) is 0 Å². The monoisotopic (exact) mass is 381 g/mol. The van der Waals surface area contributed by atoms with Gasteiger partial charge < -0.3 is 14.2 Å². The van der Waals surface area contributed by atoms with Gasteiger partial charge in [-0.15, -0.1) is 0 Å². The number of fused-ring (bicyclic) bond motifs is 1. The van der Waals surface area contributed by atoms with E-state index in [2.05, 4.69) is 15.5 Å². The van der Waals surface area contributed by atoms with Gasteiger partial charge >= 0.3 is 5.97 Å². The van der Waals surface area contributed by atoms with Crippen molar-refractivity contribution in [1.29, 1.82) is 0 Å². The summed E-state index contributed by atoms with van der Waals surface area (Å²) in [4.78, 5) is 27.2. The lowest BCUT2D eigenvalue weighted by atomic mass is 10.2. The quantitative estimate of drug-likeness (QED) is 0.666. The molecule has 3 aromatic rings. The first-order valence-electron chi connectivity index (χ1n) is 7.27. The molecule has 0 saturated carbocycles. The molecule has 7 nitrogen and oxygen atoms in total. The number of carbonyl (C=O) groups is 2. The summed E-state index contributed by atoms with van der Waals surface area (Å²) in [5.41, 5.74) is 1.30. The predicted octanol–water partition coefficient (Wildman–Crippen LogP) is 3.96. The number of aryl methyl sites for hydroxylation is 1. The third-order valence-corrected chi connectivity index (χ3v) is 4.06. The number of hydrogen-bond acceptors (Lipinski definition) is 5. The molecule has 2 heterocycles. The van der Waals surface area contributed by atoms with Crippen LogP contribution < -0.4 is 5.32 Å². The van der Waals surface area contributed by atoms with Crippen molar-refractivity contribution in [1.82, 2.24) is 10.1 Å². The van der Waals surface area contributed by atoms with E-state index in [1.807, 2.05) is 0 Å². The molecule has 0 aliphatic rings. The molecule has 0 bridgehead atoms. The summed E-state index contributed by atoms with van der Waals surface area (Å²) in [5, 5.41) is 7.38. The average Bonchev–Trinajstić information content (AvgIpc) is 3.11. The molecule has 1 aromatic carbocycles. The van der Waals surface area contributed by atoms with Crippen LogP contribution in [0, 0.1) is 6.92 Å². The molecule has 9 heteroatoms. The van der Waals surface area contributed by atoms with Gasteiger partial charge in [0.15, 0.2) is 6.10 Å². The Morgan fingerprint density at radius 3 is 2.76 bits per heavy atom. The molecule has 1 unspecified atom stereocenters. The van der Waals surface area contributed by atoms with E-state index in [0.717, 1.165) is 0 Å². The Morgan fingerprint density at radius 1 is 1.32 bits per heavy atom. The number of halogens is 2. The van der Waals surface area contributed by atoms with Crippen molar-refractivity contribution < 1.29 is 18.8 Å². The van der Waals surface area contributed by atoms with E-state index in [9.17, 15) is 9.59 Å². The summed E-state index contributed by atoms with van der Waals surface area (Å²) in [6.07, 6.45) is -1.07. The molecule has 0 aliphatic heterocycles. The number of H-pyrrole nitrogens is 1. The highest BCUT2D eigenvalue weighted by Gasteiger charge is 2.24. The van der Waals surface area contributed by atoms with Crippen LogP contribution in [0.5, 0.6) is 0 Å². The van der Waals surface area contributed by atoms with E-state index in [1.54, 1.807) is 31.2 Å². The molecule has 25 heavy (non-hydrogen) atoms. The van der Waals surface area contributed by atoms with Gasteiger partial charge in [0.05, 0.1) is 10.7 Å². The number of rotatable bonds is 4. The maximum absolute atomic E-state index is 12.3. The number of aromatic amines is 1. The first kappa shape index (κ1) is 17.3. The van der Waals surface area contributed by atoms with Gasteiger partial charge in [-0.1, -0.05) is 28.4 Å². The van der Waals surface area contributed by atoms with Crippen molar-refractivity contribution in [2.75, 3.05) is 5.32 Å². The van der Waals surface area contributed by atoms with Crippen molar-refractivity contribution in [3.05, 3.63) is 45.7 Å². The van der Waals surface area contributed by atoms with Crippen LogP contribution in [0.2, 0.25) is 10.0 Å². The second kappa shape index (κ2) is 6.78. The molecule has 130 valence electrons. The number of anilines is 1. The number of benzene rings is 1. The fourth-order valence-electron chi connectivity index (χ4n) is 2.19. The minimum atomic E-state index is -1.07. The lowest BCUT2D eigenvalue weighted by molar-refractivity contribution is -0.123. The Balaban J connectivity index is 1.73. The molecular weight excluding hydrogens is 369 g/mol. The SMILES string of the molecule is Cc1cc(NC(=O)C(C)OC(=O)c2[nH]c3ccc(Cl)cc3c2Cl)on1. The molecular formula is C16H13Cl2N3O4. The molecule has 0 fully saturated rings. The highest BCUT2D eigenvalue weighted by Crippen LogP contribution is 2.30. The molecule has 2 N–H and O–H groups in total. The molecule has 1 amide bonds. The standard InChI is InChI=1S/C16H13Cl2N3O4/c1-7-5-12(25-21-7)20-15(22)8(2)24-16(23)14-13(18)10-6-9(17)3-4-11(10)19-14/h3-6,8,19H,1-2H3,(H,20,22). The Hall–Kier alpha value is -2.51. The lowest BCUT2D eigenvalue weighted by Crippen LogP contribution is -2.30. The van der Waals surface area contributed by atoms with Crippen LogP contribution >= 0.6 is 23.2 Å². The fraction of sp³-hybridized carbons (Fsp3) is 0.188. The van der Waals surface area contributed by atoms with E-state index >= 15 is 0 Å². The highest BCUT2D eigenvalue weighted by atomic mass is 35.5. The summed E-state index contributed by atoms with van der Waals surface area (Å²) in [6, 6.07) is 6.55. The van der Waals surface area contributed by atoms with Gasteiger partial charge in [0.2, 0.25) is 5.88 Å². The van der Waals surface area contributed by atoms with Gasteiger partial charge in [-0.25, -0.2) is 4.79 Å². The van der Waals surface area contributed by atoms with E-state index in [0.29, 0.717) is 21.6 Å². The Kier molecular flexibility index (Phi) is 4.69. The van der Waals surface area contributed by atoms with Gasteiger partial charge in [-0.05, 0) is 32.0 Å². The number of esters is 1. The Bertz CT molecular complexity index is 964. The van der Waals surface area contributed by atoms with Gasteiger partial charge in [0, 0.05) is 22.0 Å². The number of aromatic nitrogens is 2. The Morgan fingerprint density at radius 2 is 2.08 bits per heavy atom. The maximum atomic E-state index is 12.3. The molecule has 1 atom stereocenters. The molecule has 0 saturated heterocycles. The van der Waals surface area contributed by atoms with Crippen molar-refractivity contribution >= 4 is 51.9 Å². The number of carbonyl (C=O) groups excluding carboxylic acids is 2. The number of nitrogens with zero attached hydrogens (tertiary/aromatic N) is 1. The third kappa shape index (κ3) is 3.62. The summed E-state index contributed by atoms with van der Waals surface area (Å²) in [5.74, 6) is -1.14. The van der Waals surface area contributed by atoms with E-state index in [-0.39, 0.29) is 16.6 Å². The fourth-order valence-corrected chi connectivity index (χ4v) is 2.64. The number of nitrogens with one attached hydrogen (secondary N) is 2. The average molecular weight is 382 g/mol. The summed E-state index contributed by atoms with van der Waals surface area (Å²) in [7, 11) is 0. The van der Waals surface area contributed by atoms with Crippen LogP contribution in [0.1, 0.15) is 23.1 Å². The zero-order valence-corrected chi connectivity index (χ0v) is 14.7. The molecule has 2 aromatic heterocycles. The van der Waals surface area contributed by atoms with Crippen molar-refractivity contribution in [2.45, 2.75) is 20.0 Å². The first-order valence-corrected chi connectivity index (χ1v) is 8.02. The zero-order chi connectivity index (χ0) is 18.1. The molecule has 0 radical (unpaired) electrons. The number of hydrogen-bond donors (Lipinski definition) is 2. The van der Waals surface area contributed by atoms with Gasteiger partial charge in [-0.3, -0.25) is 10.1 Å². The minimum absolute atomic E-state index is 0.0501. The predicted molar refractivity (Wildman–Crippen MR) is 93.1 cm³/mol. The van der Waals surface area contributed by atoms with Crippen LogP contribution in [0.25, 0.3) is 10.9 Å². The van der Waals surface area contributed by atoms with Gasteiger partial charge in [0.25, 0.3) is 5.91 Å². The summed E-state index contributed by atoms with van der Waals surface area (Å²) in [6.45, 7) is 3.15. The second-order valence-electron chi connectivity index (χ2n) is 5.37. The van der Waals surface area contributed by atoms with Crippen LogP contribution in [-0.2, 0) is 9.53 Å². The first-order chi connectivity index (χ1) is 11.8. The zero-order valence-electron chi connectivity index (χ0n) is 13.2. The maximum Gasteiger partial charge on any atom is 0.357 e. The van der Waals surface area contributed by atoms with Crippen LogP contribution in [0.15, 0.2) is 28.8 Å². The van der Waals surface area contributed by atoms with Gasteiger partial charge in [-0.2, -0.15) is 0 Å². The topological polar surface area (TPSA) is 97.2 Å². The van der Waals surface area contributed by atoms with Crippen LogP contribution in [-0.4, -0.2) is 28.1 Å². The largest absolute Gasteiger partial charge is 0.448 e. The van der Waals surface area contributed by atoms with E-state index < -0.39 is 18.0 Å². The van der Waals surface area contributed by atoms with Crippen molar-refractivity contribution in [3.63, 3.8) is 0 Å². The molecule has 0 spiro atoms. The second-order valence-corrected chi connectivity index (χ2v) is 6.19.